The molecule has 558 valence electrons. The van der Waals surface area contributed by atoms with Gasteiger partial charge in [-0.3, -0.25) is 37.3 Å². The fourth-order valence-electron chi connectivity index (χ4n) is 11.6. The van der Waals surface area contributed by atoms with E-state index in [1.165, 1.54) is 231 Å². The normalized spacial score (nSPS) is 13.9. The summed E-state index contributed by atoms with van der Waals surface area (Å²) < 4.78 is 68.5. The number of hydrogen-bond donors (Lipinski definition) is 3. The van der Waals surface area contributed by atoms with Gasteiger partial charge in [0, 0.05) is 25.7 Å². The van der Waals surface area contributed by atoms with Gasteiger partial charge in [-0.25, -0.2) is 9.13 Å². The van der Waals surface area contributed by atoms with Gasteiger partial charge in [-0.1, -0.05) is 349 Å². The van der Waals surface area contributed by atoms with Crippen LogP contribution < -0.4 is 0 Å². The Bertz CT molecular complexity index is 1790. The summed E-state index contributed by atoms with van der Waals surface area (Å²) in [7, 11) is -9.91. The van der Waals surface area contributed by atoms with Gasteiger partial charge in [0.1, 0.15) is 19.3 Å². The maximum atomic E-state index is 13.1. The number of esters is 4. The topological polar surface area (TPSA) is 237 Å². The average molecular weight is 1380 g/mol. The number of ether oxygens (including phenoxy) is 4. The summed E-state index contributed by atoms with van der Waals surface area (Å²) >= 11 is 0. The molecule has 0 rings (SSSR count). The summed E-state index contributed by atoms with van der Waals surface area (Å²) in [5.74, 6) is -2.11. The molecule has 0 fully saturated rings. The van der Waals surface area contributed by atoms with Crippen molar-refractivity contribution >= 4 is 39.5 Å². The van der Waals surface area contributed by atoms with Gasteiger partial charge in [0.25, 0.3) is 0 Å². The highest BCUT2D eigenvalue weighted by molar-refractivity contribution is 7.47. The molecule has 0 aromatic heterocycles. The highest BCUT2D eigenvalue weighted by Crippen LogP contribution is 2.45. The van der Waals surface area contributed by atoms with E-state index in [-0.39, 0.29) is 25.7 Å². The first-order valence-electron chi connectivity index (χ1n) is 39.3. The van der Waals surface area contributed by atoms with Crippen molar-refractivity contribution in [3.8, 4) is 0 Å². The summed E-state index contributed by atoms with van der Waals surface area (Å²) in [6, 6.07) is 0. The van der Waals surface area contributed by atoms with E-state index in [0.29, 0.717) is 25.7 Å². The molecule has 17 nitrogen and oxygen atoms in total. The van der Waals surface area contributed by atoms with Crippen LogP contribution in [0.4, 0.5) is 0 Å². The van der Waals surface area contributed by atoms with Gasteiger partial charge in [-0.05, 0) is 25.7 Å². The van der Waals surface area contributed by atoms with Gasteiger partial charge in [0.05, 0.1) is 26.4 Å². The molecule has 0 radical (unpaired) electrons. The molecule has 3 N–H and O–H groups in total. The second kappa shape index (κ2) is 69.5. The van der Waals surface area contributed by atoms with Crippen LogP contribution >= 0.6 is 15.6 Å². The molecular formula is C75H146O17P2. The van der Waals surface area contributed by atoms with Gasteiger partial charge in [-0.15, -0.1) is 0 Å². The first-order chi connectivity index (χ1) is 45.7. The Balaban J connectivity index is 5.25. The zero-order valence-electron chi connectivity index (χ0n) is 60.9. The summed E-state index contributed by atoms with van der Waals surface area (Å²) in [4.78, 5) is 72.8. The third-order valence-electron chi connectivity index (χ3n) is 17.6. The Kier molecular flexibility index (Phi) is 68.1. The third kappa shape index (κ3) is 68.6. The fourth-order valence-corrected chi connectivity index (χ4v) is 13.2. The molecule has 5 unspecified atom stereocenters. The lowest BCUT2D eigenvalue weighted by atomic mass is 10.0. The Hall–Kier alpha value is -1.94. The van der Waals surface area contributed by atoms with Gasteiger partial charge in [0.15, 0.2) is 12.2 Å². The van der Waals surface area contributed by atoms with E-state index in [9.17, 15) is 43.2 Å². The molecular weight excluding hydrogens is 1230 g/mol. The lowest BCUT2D eigenvalue weighted by molar-refractivity contribution is -0.161. The minimum Gasteiger partial charge on any atom is -0.462 e. The second-order valence-electron chi connectivity index (χ2n) is 27.0. The molecule has 94 heavy (non-hydrogen) atoms. The van der Waals surface area contributed by atoms with Gasteiger partial charge < -0.3 is 33.8 Å². The largest absolute Gasteiger partial charge is 0.472 e. The standard InChI is InChI=1S/C75H146O17P2/c1-5-9-13-17-21-25-29-33-34-38-40-44-48-52-56-60-73(78)86-66-71(92-75(80)62-58-54-50-46-42-37-32-28-24-20-16-12-8-4)68-90-94(83,84)88-64-69(76)63-87-93(81,82)89-67-70(91-74(79)61-57-53-49-45-41-36-31-27-23-19-15-11-7-3)65-85-72(77)59-55-51-47-43-39-35-30-26-22-18-14-10-6-2/h69-71,76H,5-68H2,1-4H3,(H,81,82)(H,83,84). The van der Waals surface area contributed by atoms with Crippen molar-refractivity contribution in [1.29, 1.82) is 0 Å². The predicted molar refractivity (Wildman–Crippen MR) is 382 cm³/mol. The number of carbonyl (C=O) groups excluding carboxylic acids is 4. The number of carbonyl (C=O) groups is 4. The van der Waals surface area contributed by atoms with E-state index in [0.717, 1.165) is 89.9 Å². The molecule has 0 aromatic rings. The quantitative estimate of drug-likeness (QED) is 0.0222. The maximum Gasteiger partial charge on any atom is 0.472 e. The number of unbranched alkanes of at least 4 members (excludes halogenated alkanes) is 50. The number of aliphatic hydroxyl groups excluding tert-OH is 1. The monoisotopic (exact) mass is 1380 g/mol. The maximum absolute atomic E-state index is 13.1. The van der Waals surface area contributed by atoms with Crippen LogP contribution in [0, 0.1) is 0 Å². The number of rotatable bonds is 76. The molecule has 0 aromatic carbocycles. The van der Waals surface area contributed by atoms with Crippen molar-refractivity contribution in [2.24, 2.45) is 0 Å². The van der Waals surface area contributed by atoms with E-state index in [4.69, 9.17) is 37.0 Å². The smallest absolute Gasteiger partial charge is 0.462 e. The molecule has 0 heterocycles. The first kappa shape index (κ1) is 92.1. The van der Waals surface area contributed by atoms with Crippen molar-refractivity contribution in [2.45, 2.75) is 418 Å². The summed E-state index contributed by atoms with van der Waals surface area (Å²) in [6.07, 6.45) is 59.3. The van der Waals surface area contributed by atoms with Crippen LogP contribution in [0.15, 0.2) is 0 Å². The number of phosphoric acid groups is 2. The van der Waals surface area contributed by atoms with Crippen molar-refractivity contribution in [3.05, 3.63) is 0 Å². The molecule has 0 spiro atoms. The molecule has 0 aliphatic rings. The molecule has 0 amide bonds. The average Bonchev–Trinajstić information content (AvgIpc) is 1.67. The molecule has 19 heteroatoms. The fraction of sp³-hybridized carbons (Fsp3) is 0.947. The van der Waals surface area contributed by atoms with Crippen LogP contribution in [-0.2, 0) is 65.4 Å². The number of aliphatic hydroxyl groups is 1. The zero-order valence-corrected chi connectivity index (χ0v) is 62.7. The van der Waals surface area contributed by atoms with Gasteiger partial charge in [0.2, 0.25) is 0 Å². The minimum absolute atomic E-state index is 0.109. The lowest BCUT2D eigenvalue weighted by Gasteiger charge is -2.21. The van der Waals surface area contributed by atoms with E-state index in [1.807, 2.05) is 0 Å². The predicted octanol–water partition coefficient (Wildman–Crippen LogP) is 22.2. The number of phosphoric ester groups is 2. The highest BCUT2D eigenvalue weighted by atomic mass is 31.2. The minimum atomic E-state index is -4.95. The van der Waals surface area contributed by atoms with E-state index in [1.54, 1.807) is 0 Å². The molecule has 5 atom stereocenters. The van der Waals surface area contributed by atoms with Crippen LogP contribution in [-0.4, -0.2) is 96.7 Å². The van der Waals surface area contributed by atoms with Crippen LogP contribution in [0.2, 0.25) is 0 Å². The highest BCUT2D eigenvalue weighted by Gasteiger charge is 2.30. The van der Waals surface area contributed by atoms with Crippen LogP contribution in [0.25, 0.3) is 0 Å². The van der Waals surface area contributed by atoms with Crippen molar-refractivity contribution in [3.63, 3.8) is 0 Å². The summed E-state index contributed by atoms with van der Waals surface area (Å²) in [6.45, 7) is 5.00. The first-order valence-corrected chi connectivity index (χ1v) is 42.3. The SMILES string of the molecule is CCCCCCCCCCCCCCCCCC(=O)OCC(COP(=O)(O)OCC(O)COP(=O)(O)OCC(COC(=O)CCCCCCCCCCCCCCC)OC(=O)CCCCCCCCCCCCCCC)OC(=O)CCCCCCCCCCCCCCC. The molecule has 0 aliphatic heterocycles. The van der Waals surface area contributed by atoms with Crippen molar-refractivity contribution in [1.82, 2.24) is 0 Å². The van der Waals surface area contributed by atoms with Crippen molar-refractivity contribution in [2.75, 3.05) is 39.6 Å². The Labute approximate surface area is 575 Å². The second-order valence-corrected chi connectivity index (χ2v) is 29.9. The van der Waals surface area contributed by atoms with E-state index < -0.39 is 97.5 Å². The van der Waals surface area contributed by atoms with Crippen LogP contribution in [0.5, 0.6) is 0 Å². The number of hydrogen-bond acceptors (Lipinski definition) is 15. The molecule has 0 bridgehead atoms. The van der Waals surface area contributed by atoms with Gasteiger partial charge in [-0.2, -0.15) is 0 Å². The third-order valence-corrected chi connectivity index (χ3v) is 19.5. The Morgan fingerprint density at radius 1 is 0.255 bits per heavy atom. The lowest BCUT2D eigenvalue weighted by Crippen LogP contribution is -2.30. The van der Waals surface area contributed by atoms with Gasteiger partial charge >= 0.3 is 39.5 Å². The van der Waals surface area contributed by atoms with Crippen LogP contribution in [0.1, 0.15) is 400 Å². The Morgan fingerprint density at radius 3 is 0.628 bits per heavy atom. The molecule has 0 saturated heterocycles. The molecule has 0 aliphatic carbocycles. The van der Waals surface area contributed by atoms with Crippen LogP contribution in [0.3, 0.4) is 0 Å². The summed E-state index contributed by atoms with van der Waals surface area (Å²) in [5.41, 5.74) is 0. The van der Waals surface area contributed by atoms with E-state index >= 15 is 0 Å². The zero-order chi connectivity index (χ0) is 69.0. The summed E-state index contributed by atoms with van der Waals surface area (Å²) in [5, 5.41) is 10.6. The van der Waals surface area contributed by atoms with E-state index in [2.05, 4.69) is 27.7 Å². The van der Waals surface area contributed by atoms with Crippen molar-refractivity contribution < 1.29 is 80.2 Å². The molecule has 0 saturated carbocycles. The Morgan fingerprint density at radius 2 is 0.426 bits per heavy atom.